The Morgan fingerprint density at radius 3 is 3.21 bits per heavy atom. The summed E-state index contributed by atoms with van der Waals surface area (Å²) in [5, 5.41) is 0. The van der Waals surface area contributed by atoms with Gasteiger partial charge in [0.1, 0.15) is 0 Å². The maximum atomic E-state index is 11.4. The number of rotatable bonds is 1. The number of nitrogens with zero attached hydrogens (tertiary/aromatic N) is 1. The molecule has 1 aliphatic rings. The number of aryl methyl sites for hydroxylation is 1. The second kappa shape index (κ2) is 3.58. The topological polar surface area (TPSA) is 20.3 Å². The summed E-state index contributed by atoms with van der Waals surface area (Å²) in [6.07, 6.45) is 2.38. The largest absolute Gasteiger partial charge is 0.334 e. The molecule has 0 atom stereocenters. The first-order valence-corrected chi connectivity index (χ1v) is 5.52. The molecule has 0 N–H and O–H groups in total. The molecule has 0 fully saturated rings. The lowest BCUT2D eigenvalue weighted by Gasteiger charge is -2.25. The van der Waals surface area contributed by atoms with E-state index in [1.807, 2.05) is 4.90 Å². The summed E-state index contributed by atoms with van der Waals surface area (Å²) in [5.41, 5.74) is 1.42. The molecule has 0 radical (unpaired) electrons. The van der Waals surface area contributed by atoms with Gasteiger partial charge in [-0.25, -0.2) is 0 Å². The van der Waals surface area contributed by atoms with E-state index in [2.05, 4.69) is 19.6 Å². The van der Waals surface area contributed by atoms with Crippen LogP contribution in [0.1, 0.15) is 15.3 Å². The smallest absolute Gasteiger partial charge is 0.246 e. The van der Waals surface area contributed by atoms with Crippen molar-refractivity contribution < 1.29 is 4.79 Å². The van der Waals surface area contributed by atoms with Crippen LogP contribution in [0, 0.1) is 6.92 Å². The van der Waals surface area contributed by atoms with Crippen LogP contribution in [-0.4, -0.2) is 17.4 Å². The quantitative estimate of drug-likeness (QED) is 0.646. The summed E-state index contributed by atoms with van der Waals surface area (Å²) in [7, 11) is 0. The zero-order valence-corrected chi connectivity index (χ0v) is 9.06. The van der Waals surface area contributed by atoms with Crippen LogP contribution in [0.25, 0.3) is 0 Å². The van der Waals surface area contributed by atoms with E-state index < -0.39 is 0 Å². The molecule has 0 spiro atoms. The van der Waals surface area contributed by atoms with Crippen molar-refractivity contribution in [2.75, 3.05) is 6.54 Å². The highest BCUT2D eigenvalue weighted by Gasteiger charge is 2.20. The van der Waals surface area contributed by atoms with Crippen LogP contribution in [0.2, 0.25) is 0 Å². The Hall–Kier alpha value is -1.09. The van der Waals surface area contributed by atoms with E-state index in [0.717, 1.165) is 19.5 Å². The molecule has 0 aromatic carbocycles. The maximum Gasteiger partial charge on any atom is 0.246 e. The molecule has 14 heavy (non-hydrogen) atoms. The van der Waals surface area contributed by atoms with Crippen LogP contribution in [0.5, 0.6) is 0 Å². The Balaban J connectivity index is 2.20. The Morgan fingerprint density at radius 2 is 2.50 bits per heavy atom. The molecule has 0 unspecified atom stereocenters. The number of carbonyl (C=O) groups excluding carboxylic acids is 1. The fourth-order valence-electron chi connectivity index (χ4n) is 1.79. The molecular weight excluding hydrogens is 194 g/mol. The second-order valence-electron chi connectivity index (χ2n) is 3.52. The summed E-state index contributed by atoms with van der Waals surface area (Å²) in [6.45, 7) is 7.21. The lowest BCUT2D eigenvalue weighted by Crippen LogP contribution is -2.33. The predicted octanol–water partition coefficient (Wildman–Crippen LogP) is 2.13. The third-order valence-electron chi connectivity index (χ3n) is 2.49. The van der Waals surface area contributed by atoms with E-state index in [9.17, 15) is 4.79 Å². The molecule has 74 valence electrons. The lowest BCUT2D eigenvalue weighted by molar-refractivity contribution is -0.126. The molecular formula is C11H13NOS. The van der Waals surface area contributed by atoms with Crippen LogP contribution >= 0.6 is 11.3 Å². The van der Waals surface area contributed by atoms with Crippen molar-refractivity contribution in [1.29, 1.82) is 0 Å². The minimum absolute atomic E-state index is 0.0432. The van der Waals surface area contributed by atoms with Gasteiger partial charge in [-0.2, -0.15) is 0 Å². The summed E-state index contributed by atoms with van der Waals surface area (Å²) in [4.78, 5) is 15.9. The normalized spacial score (nSPS) is 15.1. The molecule has 1 amide bonds. The van der Waals surface area contributed by atoms with Crippen molar-refractivity contribution in [3.63, 3.8) is 0 Å². The van der Waals surface area contributed by atoms with Gasteiger partial charge >= 0.3 is 0 Å². The summed E-state index contributed by atoms with van der Waals surface area (Å²) in [5.74, 6) is 0.0432. The van der Waals surface area contributed by atoms with Gasteiger partial charge in [0.05, 0.1) is 6.54 Å². The van der Waals surface area contributed by atoms with Crippen molar-refractivity contribution >= 4 is 17.2 Å². The first-order valence-electron chi connectivity index (χ1n) is 4.70. The molecule has 0 aliphatic carbocycles. The molecule has 3 heteroatoms. The van der Waals surface area contributed by atoms with Crippen molar-refractivity contribution in [1.82, 2.24) is 4.90 Å². The van der Waals surface area contributed by atoms with Gasteiger partial charge in [-0.15, -0.1) is 11.3 Å². The third-order valence-corrected chi connectivity index (χ3v) is 3.57. The summed E-state index contributed by atoms with van der Waals surface area (Å²) >= 11 is 1.79. The average molecular weight is 207 g/mol. The van der Waals surface area contributed by atoms with Gasteiger partial charge in [0.25, 0.3) is 0 Å². The van der Waals surface area contributed by atoms with E-state index in [1.165, 1.54) is 21.4 Å². The number of fused-ring (bicyclic) bond motifs is 1. The number of carbonyl (C=O) groups is 1. The van der Waals surface area contributed by atoms with Crippen LogP contribution in [0.3, 0.4) is 0 Å². The molecule has 1 aromatic heterocycles. The van der Waals surface area contributed by atoms with Gasteiger partial charge in [-0.05, 0) is 31.1 Å². The number of amides is 1. The zero-order chi connectivity index (χ0) is 10.1. The van der Waals surface area contributed by atoms with Gasteiger partial charge in [0, 0.05) is 16.3 Å². The standard InChI is InChI=1S/C11H13NOS/c1-3-11(13)12-5-4-9-6-8(2)14-10(9)7-12/h3,6H,1,4-5,7H2,2H3. The van der Waals surface area contributed by atoms with Crippen molar-refractivity contribution in [2.45, 2.75) is 19.9 Å². The zero-order valence-electron chi connectivity index (χ0n) is 8.25. The van der Waals surface area contributed by atoms with E-state index in [4.69, 9.17) is 0 Å². The lowest BCUT2D eigenvalue weighted by atomic mass is 10.1. The average Bonchev–Trinajstić information content (AvgIpc) is 2.55. The van der Waals surface area contributed by atoms with Crippen molar-refractivity contribution in [3.8, 4) is 0 Å². The Labute approximate surface area is 87.9 Å². The van der Waals surface area contributed by atoms with Gasteiger partial charge in [-0.1, -0.05) is 6.58 Å². The monoisotopic (exact) mass is 207 g/mol. The SMILES string of the molecule is C=CC(=O)N1CCc2cc(C)sc2C1. The molecule has 1 aromatic rings. The number of hydrogen-bond donors (Lipinski definition) is 0. The van der Waals surface area contributed by atoms with Crippen LogP contribution in [0.4, 0.5) is 0 Å². The highest BCUT2D eigenvalue weighted by atomic mass is 32.1. The fraction of sp³-hybridized carbons (Fsp3) is 0.364. The molecule has 0 saturated carbocycles. The molecule has 2 nitrogen and oxygen atoms in total. The van der Waals surface area contributed by atoms with E-state index >= 15 is 0 Å². The number of thiophene rings is 1. The molecule has 0 saturated heterocycles. The first-order chi connectivity index (χ1) is 6.70. The molecule has 1 aliphatic heterocycles. The molecule has 2 heterocycles. The fourth-order valence-corrected chi connectivity index (χ4v) is 2.89. The molecule has 0 bridgehead atoms. The predicted molar refractivity (Wildman–Crippen MR) is 58.4 cm³/mol. The first kappa shape index (κ1) is 9.46. The highest BCUT2D eigenvalue weighted by Crippen LogP contribution is 2.27. The minimum atomic E-state index is 0.0432. The minimum Gasteiger partial charge on any atom is -0.334 e. The van der Waals surface area contributed by atoms with Crippen LogP contribution in [0.15, 0.2) is 18.7 Å². The maximum absolute atomic E-state index is 11.4. The third kappa shape index (κ3) is 1.60. The van der Waals surface area contributed by atoms with E-state index in [0.29, 0.717) is 0 Å². The van der Waals surface area contributed by atoms with Crippen molar-refractivity contribution in [3.05, 3.63) is 34.0 Å². The van der Waals surface area contributed by atoms with E-state index in [1.54, 1.807) is 11.3 Å². The Kier molecular flexibility index (Phi) is 2.42. The van der Waals surface area contributed by atoms with Gasteiger partial charge in [0.15, 0.2) is 0 Å². The summed E-state index contributed by atoms with van der Waals surface area (Å²) < 4.78 is 0. The van der Waals surface area contributed by atoms with Crippen LogP contribution < -0.4 is 0 Å². The van der Waals surface area contributed by atoms with Gasteiger partial charge < -0.3 is 4.90 Å². The van der Waals surface area contributed by atoms with Gasteiger partial charge in [-0.3, -0.25) is 4.79 Å². The van der Waals surface area contributed by atoms with Crippen molar-refractivity contribution in [2.24, 2.45) is 0 Å². The van der Waals surface area contributed by atoms with E-state index in [-0.39, 0.29) is 5.91 Å². The van der Waals surface area contributed by atoms with Crippen LogP contribution in [-0.2, 0) is 17.8 Å². The molecule has 2 rings (SSSR count). The highest BCUT2D eigenvalue weighted by molar-refractivity contribution is 7.12. The van der Waals surface area contributed by atoms with Gasteiger partial charge in [0.2, 0.25) is 5.91 Å². The Morgan fingerprint density at radius 1 is 1.71 bits per heavy atom. The summed E-state index contributed by atoms with van der Waals surface area (Å²) in [6, 6.07) is 2.23. The number of hydrogen-bond acceptors (Lipinski definition) is 2. The second-order valence-corrected chi connectivity index (χ2v) is 4.86. The Bertz CT molecular complexity index is 381.